The number of anilines is 1. The highest BCUT2D eigenvalue weighted by Gasteiger charge is 2.37. The molecule has 0 spiro atoms. The highest BCUT2D eigenvalue weighted by molar-refractivity contribution is 5.89. The van der Waals surface area contributed by atoms with E-state index >= 15 is 0 Å². The van der Waals surface area contributed by atoms with Crippen molar-refractivity contribution >= 4 is 22.5 Å². The summed E-state index contributed by atoms with van der Waals surface area (Å²) in [7, 11) is 3.31. The van der Waals surface area contributed by atoms with Crippen molar-refractivity contribution in [2.75, 3.05) is 31.7 Å². The van der Waals surface area contributed by atoms with Gasteiger partial charge in [0.25, 0.3) is 11.4 Å². The zero-order valence-corrected chi connectivity index (χ0v) is 21.7. The van der Waals surface area contributed by atoms with Gasteiger partial charge in [-0.2, -0.15) is 0 Å². The fourth-order valence-electron chi connectivity index (χ4n) is 5.15. The van der Waals surface area contributed by atoms with Crippen molar-refractivity contribution in [1.82, 2.24) is 14.5 Å². The average Bonchev–Trinajstić information content (AvgIpc) is 2.89. The lowest BCUT2D eigenvalue weighted by atomic mass is 9.98. The maximum Gasteiger partial charge on any atom is 0.573 e. The second kappa shape index (κ2) is 11.0. The van der Waals surface area contributed by atoms with Crippen LogP contribution in [0.2, 0.25) is 0 Å². The molecule has 8 nitrogen and oxygen atoms in total. The number of hydrogen-bond donors (Lipinski definition) is 0. The zero-order chi connectivity index (χ0) is 27.6. The van der Waals surface area contributed by atoms with Crippen LogP contribution in [0.5, 0.6) is 5.75 Å². The lowest BCUT2D eigenvalue weighted by molar-refractivity contribution is -0.274. The van der Waals surface area contributed by atoms with Gasteiger partial charge in [0.15, 0.2) is 0 Å². The summed E-state index contributed by atoms with van der Waals surface area (Å²) in [4.78, 5) is 25.3. The molecule has 0 radical (unpaired) electrons. The van der Waals surface area contributed by atoms with Gasteiger partial charge in [0.2, 0.25) is 5.52 Å². The number of aryl methyl sites for hydroxylation is 1. The summed E-state index contributed by atoms with van der Waals surface area (Å²) in [6.45, 7) is 13.1. The Morgan fingerprint density at radius 1 is 1.16 bits per heavy atom. The SMILES string of the molecule is [C-]#[N+]c1ccc2c(n1)c(N1C[C@@H](COC)N(C(C)c3ccc(OC(F)(F)F)cc3)C[C@@H]1CC)cc(=O)n2C. The number of alkyl halides is 3. The third kappa shape index (κ3) is 5.61. The monoisotopic (exact) mass is 529 g/mol. The highest BCUT2D eigenvalue weighted by atomic mass is 19.4. The van der Waals surface area contributed by atoms with E-state index in [1.807, 2.05) is 6.92 Å². The van der Waals surface area contributed by atoms with Crippen molar-refractivity contribution in [3.05, 3.63) is 69.8 Å². The third-order valence-electron chi connectivity index (χ3n) is 7.14. The molecule has 0 saturated carbocycles. The standard InChI is InChI=1S/C27H30F3N5O3/c1-6-19-14-34(17(2)18-7-9-21(10-8-18)38-27(28,29)30)20(16-37-5)15-35(19)23-13-25(36)33(4)22-11-12-24(31-3)32-26(22)23/h7-13,17,19-20H,6,14-16H2,1-2,4-5H3/t17?,19-,20-/m0/s1. The van der Waals surface area contributed by atoms with Gasteiger partial charge in [-0.05, 0) is 43.2 Å². The first-order valence-corrected chi connectivity index (χ1v) is 12.3. The van der Waals surface area contributed by atoms with Crippen molar-refractivity contribution in [3.8, 4) is 5.75 Å². The van der Waals surface area contributed by atoms with Crippen LogP contribution in [0.25, 0.3) is 15.9 Å². The summed E-state index contributed by atoms with van der Waals surface area (Å²) in [5.74, 6) is -0.00828. The first-order chi connectivity index (χ1) is 18.1. The van der Waals surface area contributed by atoms with E-state index in [0.29, 0.717) is 36.4 Å². The van der Waals surface area contributed by atoms with E-state index in [0.717, 1.165) is 12.0 Å². The number of fused-ring (bicyclic) bond motifs is 1. The normalized spacial score (nSPS) is 19.4. The lowest BCUT2D eigenvalue weighted by Gasteiger charge is -2.49. The number of piperazine rings is 1. The summed E-state index contributed by atoms with van der Waals surface area (Å²) in [5.41, 5.74) is 2.61. The molecule has 0 aliphatic carbocycles. The largest absolute Gasteiger partial charge is 0.573 e. The Hall–Kier alpha value is -3.62. The van der Waals surface area contributed by atoms with Gasteiger partial charge in [-0.25, -0.2) is 0 Å². The van der Waals surface area contributed by atoms with E-state index in [4.69, 9.17) is 11.3 Å². The van der Waals surface area contributed by atoms with Gasteiger partial charge in [0.1, 0.15) is 5.75 Å². The number of hydrogen-bond acceptors (Lipinski definition) is 6. The predicted octanol–water partition coefficient (Wildman–Crippen LogP) is 5.06. The molecular weight excluding hydrogens is 499 g/mol. The van der Waals surface area contributed by atoms with Crippen LogP contribution in [-0.2, 0) is 11.8 Å². The molecule has 1 aliphatic heterocycles. The van der Waals surface area contributed by atoms with E-state index in [1.54, 1.807) is 44.5 Å². The summed E-state index contributed by atoms with van der Waals surface area (Å²) in [6, 6.07) is 10.7. The van der Waals surface area contributed by atoms with Crippen LogP contribution in [0.15, 0.2) is 47.3 Å². The minimum atomic E-state index is -4.74. The first-order valence-electron chi connectivity index (χ1n) is 12.3. The summed E-state index contributed by atoms with van der Waals surface area (Å²) in [5, 5.41) is 0. The second-order valence-corrected chi connectivity index (χ2v) is 9.39. The van der Waals surface area contributed by atoms with Crippen LogP contribution in [0.3, 0.4) is 0 Å². The maximum atomic E-state index is 12.9. The summed E-state index contributed by atoms with van der Waals surface area (Å²) in [6.07, 6.45) is -3.96. The molecule has 3 heterocycles. The van der Waals surface area contributed by atoms with Crippen LogP contribution in [0.1, 0.15) is 31.9 Å². The molecule has 0 bridgehead atoms. The minimum Gasteiger partial charge on any atom is -0.406 e. The Kier molecular flexibility index (Phi) is 7.94. The quantitative estimate of drug-likeness (QED) is 0.399. The maximum absolute atomic E-state index is 12.9. The van der Waals surface area contributed by atoms with Crippen molar-refractivity contribution in [3.63, 3.8) is 0 Å². The fraction of sp³-hybridized carbons (Fsp3) is 0.444. The van der Waals surface area contributed by atoms with Gasteiger partial charge < -0.3 is 23.8 Å². The third-order valence-corrected chi connectivity index (χ3v) is 7.14. The van der Waals surface area contributed by atoms with Crippen molar-refractivity contribution in [2.45, 2.75) is 44.8 Å². The molecule has 3 aromatic rings. The van der Waals surface area contributed by atoms with Crippen molar-refractivity contribution in [2.24, 2.45) is 7.05 Å². The number of halogens is 3. The molecule has 1 fully saturated rings. The average molecular weight is 530 g/mol. The zero-order valence-electron chi connectivity index (χ0n) is 21.7. The van der Waals surface area contributed by atoms with E-state index < -0.39 is 6.36 Å². The molecule has 1 unspecified atom stereocenters. The van der Waals surface area contributed by atoms with E-state index in [2.05, 4.69) is 31.3 Å². The van der Waals surface area contributed by atoms with Crippen molar-refractivity contribution in [1.29, 1.82) is 0 Å². The molecule has 0 amide bonds. The molecular formula is C27H30F3N5O3. The number of methoxy groups -OCH3 is 1. The molecule has 1 aliphatic rings. The Balaban J connectivity index is 1.69. The number of ether oxygens (including phenoxy) is 2. The molecule has 0 N–H and O–H groups in total. The molecule has 202 valence electrons. The smallest absolute Gasteiger partial charge is 0.406 e. The summed E-state index contributed by atoms with van der Waals surface area (Å²) < 4.78 is 48.9. The van der Waals surface area contributed by atoms with Gasteiger partial charge in [-0.15, -0.1) is 18.2 Å². The number of nitrogens with zero attached hydrogens (tertiary/aromatic N) is 5. The summed E-state index contributed by atoms with van der Waals surface area (Å²) >= 11 is 0. The molecule has 1 saturated heterocycles. The van der Waals surface area contributed by atoms with E-state index in [1.165, 1.54) is 16.7 Å². The van der Waals surface area contributed by atoms with Gasteiger partial charge in [-0.1, -0.05) is 25.6 Å². The number of aromatic nitrogens is 2. The van der Waals surface area contributed by atoms with E-state index in [9.17, 15) is 18.0 Å². The molecule has 38 heavy (non-hydrogen) atoms. The van der Waals surface area contributed by atoms with Crippen LogP contribution < -0.4 is 15.2 Å². The Bertz CT molecular complexity index is 1380. The fourth-order valence-corrected chi connectivity index (χ4v) is 5.15. The second-order valence-electron chi connectivity index (χ2n) is 9.39. The Morgan fingerprint density at radius 3 is 2.47 bits per heavy atom. The number of benzene rings is 1. The topological polar surface area (TPSA) is 64.2 Å². The molecule has 11 heteroatoms. The van der Waals surface area contributed by atoms with Crippen LogP contribution in [-0.4, -0.2) is 59.7 Å². The molecule has 1 aromatic carbocycles. The van der Waals surface area contributed by atoms with Crippen LogP contribution in [0, 0.1) is 6.57 Å². The number of pyridine rings is 2. The first kappa shape index (κ1) is 27.4. The number of rotatable bonds is 7. The van der Waals surface area contributed by atoms with Gasteiger partial charge >= 0.3 is 6.36 Å². The molecule has 2 aromatic heterocycles. The van der Waals surface area contributed by atoms with Gasteiger partial charge in [0.05, 0.1) is 23.9 Å². The predicted molar refractivity (Wildman–Crippen MR) is 139 cm³/mol. The van der Waals surface area contributed by atoms with Crippen LogP contribution in [0.4, 0.5) is 24.7 Å². The molecule has 3 atom stereocenters. The Morgan fingerprint density at radius 2 is 1.87 bits per heavy atom. The van der Waals surface area contributed by atoms with Gasteiger partial charge in [0, 0.05) is 45.4 Å². The van der Waals surface area contributed by atoms with Gasteiger partial charge in [-0.3, -0.25) is 9.69 Å². The van der Waals surface area contributed by atoms with Crippen LogP contribution >= 0.6 is 0 Å². The molecule has 4 rings (SSSR count). The lowest BCUT2D eigenvalue weighted by Crippen LogP contribution is -2.60. The van der Waals surface area contributed by atoms with Crippen molar-refractivity contribution < 1.29 is 22.6 Å². The highest BCUT2D eigenvalue weighted by Crippen LogP contribution is 2.35. The minimum absolute atomic E-state index is 0.0205. The van der Waals surface area contributed by atoms with E-state index in [-0.39, 0.29) is 35.3 Å². The Labute approximate surface area is 219 Å².